The Hall–Kier alpha value is -3.01. The van der Waals surface area contributed by atoms with Gasteiger partial charge in [0.2, 0.25) is 0 Å². The number of hydrogen-bond donors (Lipinski definition) is 0. The Morgan fingerprint density at radius 2 is 0.659 bits per heavy atom. The van der Waals surface area contributed by atoms with Crippen LogP contribution in [0.25, 0.3) is 0 Å². The van der Waals surface area contributed by atoms with Crippen molar-refractivity contribution < 1.29 is 9.47 Å². The highest BCUT2D eigenvalue weighted by atomic mass is 32.2. The second-order valence-electron chi connectivity index (χ2n) is 6.24. The van der Waals surface area contributed by atoms with Crippen molar-refractivity contribution in [2.45, 2.75) is 93.9 Å². The van der Waals surface area contributed by atoms with E-state index in [-0.39, 0.29) is 14.9 Å². The van der Waals surface area contributed by atoms with E-state index in [0.29, 0.717) is 0 Å². The van der Waals surface area contributed by atoms with Gasteiger partial charge in [-0.05, 0) is 62.4 Å². The first-order valence-electron chi connectivity index (χ1n) is 14.5. The van der Waals surface area contributed by atoms with Gasteiger partial charge in [-0.2, -0.15) is 0 Å². The minimum Gasteiger partial charge on any atom is -0.457 e. The Bertz CT molecular complexity index is 761. The third-order valence-electron chi connectivity index (χ3n) is 3.85. The summed E-state index contributed by atoms with van der Waals surface area (Å²) >= 11 is 1.79. The molecule has 0 fully saturated rings. The van der Waals surface area contributed by atoms with Gasteiger partial charge in [0.1, 0.15) is 11.5 Å². The Labute approximate surface area is 260 Å². The fourth-order valence-corrected chi connectivity index (χ4v) is 3.29. The SMILES string of the molecule is C.C.CC.CC.CC.CC.CCOCC.c1ccc(Oc2ccccc2)cc1.c1ccc(Sc2ccccc2)cc1. The van der Waals surface area contributed by atoms with E-state index in [4.69, 9.17) is 9.47 Å². The van der Waals surface area contributed by atoms with Gasteiger partial charge < -0.3 is 9.47 Å². The number of hydrogen-bond acceptors (Lipinski definition) is 3. The molecule has 3 heteroatoms. The largest absolute Gasteiger partial charge is 0.457 e. The van der Waals surface area contributed by atoms with Gasteiger partial charge in [0.05, 0.1) is 0 Å². The fraction of sp³-hybridized carbons (Fsp3) is 0.368. The van der Waals surface area contributed by atoms with Gasteiger partial charge >= 0.3 is 0 Å². The van der Waals surface area contributed by atoms with Gasteiger partial charge in [-0.1, -0.05) is 155 Å². The molecule has 0 radical (unpaired) electrons. The molecular formula is C38H62O2S. The molecule has 232 valence electrons. The number of benzene rings is 4. The van der Waals surface area contributed by atoms with Crippen LogP contribution in [0.2, 0.25) is 0 Å². The molecule has 0 N–H and O–H groups in total. The first-order valence-corrected chi connectivity index (χ1v) is 15.3. The molecule has 4 rings (SSSR count). The van der Waals surface area contributed by atoms with Gasteiger partial charge in [-0.15, -0.1) is 0 Å². The molecule has 2 nitrogen and oxygen atoms in total. The van der Waals surface area contributed by atoms with Crippen LogP contribution in [0.15, 0.2) is 131 Å². The molecule has 41 heavy (non-hydrogen) atoms. The lowest BCUT2D eigenvalue weighted by atomic mass is 10.3. The van der Waals surface area contributed by atoms with Crippen molar-refractivity contribution in [1.29, 1.82) is 0 Å². The van der Waals surface area contributed by atoms with E-state index in [9.17, 15) is 0 Å². The maximum atomic E-state index is 5.58. The van der Waals surface area contributed by atoms with Crippen molar-refractivity contribution >= 4 is 11.8 Å². The Morgan fingerprint density at radius 3 is 0.878 bits per heavy atom. The van der Waals surface area contributed by atoms with Crippen LogP contribution >= 0.6 is 11.8 Å². The predicted octanol–water partition coefficient (Wildman–Crippen LogP) is 13.7. The minimum atomic E-state index is 0. The van der Waals surface area contributed by atoms with Crippen LogP contribution in [0.4, 0.5) is 0 Å². The maximum absolute atomic E-state index is 5.58. The molecule has 0 aromatic heterocycles. The van der Waals surface area contributed by atoms with Gasteiger partial charge in [0.25, 0.3) is 0 Å². The lowest BCUT2D eigenvalue weighted by Gasteiger charge is -2.03. The van der Waals surface area contributed by atoms with Crippen molar-refractivity contribution in [2.75, 3.05) is 13.2 Å². The zero-order valence-electron chi connectivity index (χ0n) is 26.2. The molecule has 0 aliphatic rings. The van der Waals surface area contributed by atoms with Gasteiger partial charge in [-0.3, -0.25) is 0 Å². The van der Waals surface area contributed by atoms with Gasteiger partial charge in [0.15, 0.2) is 0 Å². The first-order chi connectivity index (χ1) is 19.3. The summed E-state index contributed by atoms with van der Waals surface area (Å²) in [5.41, 5.74) is 0. The molecule has 4 aromatic carbocycles. The molecule has 0 unspecified atom stereocenters. The third kappa shape index (κ3) is 29.8. The lowest BCUT2D eigenvalue weighted by molar-refractivity contribution is 0.162. The molecule has 0 heterocycles. The van der Waals surface area contributed by atoms with Crippen molar-refractivity contribution in [3.05, 3.63) is 121 Å². The van der Waals surface area contributed by atoms with Crippen LogP contribution in [0.3, 0.4) is 0 Å². The quantitative estimate of drug-likeness (QED) is 0.225. The minimum absolute atomic E-state index is 0. The van der Waals surface area contributed by atoms with Crippen LogP contribution in [0.1, 0.15) is 84.1 Å². The van der Waals surface area contributed by atoms with E-state index < -0.39 is 0 Å². The second kappa shape index (κ2) is 41.5. The van der Waals surface area contributed by atoms with E-state index in [1.807, 2.05) is 142 Å². The van der Waals surface area contributed by atoms with E-state index in [0.717, 1.165) is 24.7 Å². The molecule has 0 bridgehead atoms. The number of ether oxygens (including phenoxy) is 2. The number of para-hydroxylation sites is 2. The molecule has 0 aliphatic carbocycles. The summed E-state index contributed by atoms with van der Waals surface area (Å²) in [5.74, 6) is 1.74. The molecule has 0 atom stereocenters. The van der Waals surface area contributed by atoms with Crippen LogP contribution in [-0.4, -0.2) is 13.2 Å². The summed E-state index contributed by atoms with van der Waals surface area (Å²) in [5, 5.41) is 0. The zero-order valence-corrected chi connectivity index (χ0v) is 27.0. The predicted molar refractivity (Wildman–Crippen MR) is 191 cm³/mol. The summed E-state index contributed by atoms with van der Waals surface area (Å²) in [4.78, 5) is 2.57. The van der Waals surface area contributed by atoms with Crippen molar-refractivity contribution in [3.63, 3.8) is 0 Å². The molecular weight excluding hydrogens is 520 g/mol. The second-order valence-corrected chi connectivity index (χ2v) is 7.38. The van der Waals surface area contributed by atoms with E-state index >= 15 is 0 Å². The van der Waals surface area contributed by atoms with E-state index in [1.165, 1.54) is 9.79 Å². The van der Waals surface area contributed by atoms with E-state index in [2.05, 4.69) is 48.5 Å². The van der Waals surface area contributed by atoms with Gasteiger partial charge in [-0.25, -0.2) is 0 Å². The monoisotopic (exact) mass is 582 g/mol. The average molecular weight is 583 g/mol. The summed E-state index contributed by atoms with van der Waals surface area (Å²) in [6.07, 6.45) is 0. The van der Waals surface area contributed by atoms with Crippen LogP contribution < -0.4 is 4.74 Å². The van der Waals surface area contributed by atoms with Crippen molar-refractivity contribution in [1.82, 2.24) is 0 Å². The Balaban J connectivity index is -0.000000146. The summed E-state index contributed by atoms with van der Waals surface area (Å²) < 4.78 is 10.4. The molecule has 0 saturated heterocycles. The lowest BCUT2D eigenvalue weighted by Crippen LogP contribution is -1.84. The van der Waals surface area contributed by atoms with Crippen LogP contribution in [-0.2, 0) is 4.74 Å². The highest BCUT2D eigenvalue weighted by Gasteiger charge is 1.94. The Morgan fingerprint density at radius 1 is 0.415 bits per heavy atom. The van der Waals surface area contributed by atoms with Crippen LogP contribution in [0, 0.1) is 0 Å². The maximum Gasteiger partial charge on any atom is 0.127 e. The number of rotatable bonds is 6. The van der Waals surface area contributed by atoms with Gasteiger partial charge in [0, 0.05) is 23.0 Å². The molecule has 4 aromatic rings. The topological polar surface area (TPSA) is 18.5 Å². The molecule has 0 spiro atoms. The normalized spacial score (nSPS) is 7.76. The summed E-state index contributed by atoms with van der Waals surface area (Å²) in [6, 6.07) is 40.3. The highest BCUT2D eigenvalue weighted by Crippen LogP contribution is 2.26. The first kappa shape index (κ1) is 47.8. The smallest absolute Gasteiger partial charge is 0.127 e. The third-order valence-corrected chi connectivity index (χ3v) is 4.87. The fourth-order valence-electron chi connectivity index (χ4n) is 2.43. The van der Waals surface area contributed by atoms with Crippen molar-refractivity contribution in [2.24, 2.45) is 0 Å². The molecule has 0 saturated carbocycles. The Kier molecular flexibility index (Phi) is 48.3. The summed E-state index contributed by atoms with van der Waals surface area (Å²) in [7, 11) is 0. The average Bonchev–Trinajstić information content (AvgIpc) is 3.04. The van der Waals surface area contributed by atoms with Crippen LogP contribution in [0.5, 0.6) is 11.5 Å². The summed E-state index contributed by atoms with van der Waals surface area (Å²) in [6.45, 7) is 21.7. The highest BCUT2D eigenvalue weighted by molar-refractivity contribution is 7.99. The zero-order chi connectivity index (χ0) is 30.0. The van der Waals surface area contributed by atoms with E-state index in [1.54, 1.807) is 11.8 Å². The molecule has 0 aliphatic heterocycles. The van der Waals surface area contributed by atoms with Crippen molar-refractivity contribution in [3.8, 4) is 11.5 Å². The molecule has 0 amide bonds. The standard InChI is InChI=1S/C12H10O.C12H10S.C4H10O.4C2H6.2CH4/c2*1-3-7-11(8-4-1)13-12-9-5-2-6-10-12;1-3-5-4-2;4*1-2;;/h2*1-10H;3-4H2,1-2H3;4*1-2H3;2*1H4.